The molecule has 2 aromatic carbocycles. The van der Waals surface area contributed by atoms with Crippen LogP contribution in [0.3, 0.4) is 0 Å². The molecule has 1 unspecified atom stereocenters. The van der Waals surface area contributed by atoms with E-state index in [1.165, 1.54) is 11.1 Å². The summed E-state index contributed by atoms with van der Waals surface area (Å²) in [4.78, 5) is 11.4. The Morgan fingerprint density at radius 3 is 2.48 bits per heavy atom. The molecule has 0 spiro atoms. The van der Waals surface area contributed by atoms with Crippen molar-refractivity contribution in [2.45, 2.75) is 64.6 Å². The first-order valence-corrected chi connectivity index (χ1v) is 12.2. The van der Waals surface area contributed by atoms with Crippen LogP contribution in [-0.4, -0.2) is 46.2 Å². The van der Waals surface area contributed by atoms with Crippen molar-refractivity contribution in [2.24, 2.45) is 0 Å². The van der Waals surface area contributed by atoms with Gasteiger partial charge >= 0.3 is 191 Å². The molecule has 0 amide bonds. The summed E-state index contributed by atoms with van der Waals surface area (Å²) in [6, 6.07) is 11.6. The van der Waals surface area contributed by atoms with Crippen molar-refractivity contribution in [1.29, 1.82) is 0 Å². The van der Waals surface area contributed by atoms with Gasteiger partial charge in [0.1, 0.15) is 0 Å². The van der Waals surface area contributed by atoms with Gasteiger partial charge < -0.3 is 0 Å². The van der Waals surface area contributed by atoms with E-state index < -0.39 is 5.97 Å². The zero-order valence-corrected chi connectivity index (χ0v) is 20.9. The average molecular weight is 491 g/mol. The zero-order chi connectivity index (χ0) is 22.8. The zero-order valence-electron chi connectivity index (χ0n) is 19.2. The first-order chi connectivity index (χ1) is 14.5. The molecule has 1 atom stereocenters. The second-order valence-corrected chi connectivity index (χ2v) is 11.7. The van der Waals surface area contributed by atoms with E-state index in [2.05, 4.69) is 39.8 Å². The SMILES string of the molecule is COC(C)OCOc1cc([Se]c2cccc(C(=O)O)c2)cc2c1C(C)(C)CCC2(C)C. The Balaban J connectivity index is 2.02. The number of ether oxygens (including phenoxy) is 3. The number of rotatable bonds is 8. The van der Waals surface area contributed by atoms with Crippen LogP contribution in [0, 0.1) is 0 Å². The summed E-state index contributed by atoms with van der Waals surface area (Å²) in [6.45, 7) is 11.1. The third-order valence-electron chi connectivity index (χ3n) is 6.02. The number of fused-ring (bicyclic) bond motifs is 1. The molecule has 0 saturated heterocycles. The van der Waals surface area contributed by atoms with Crippen molar-refractivity contribution in [3.05, 3.63) is 53.1 Å². The van der Waals surface area contributed by atoms with E-state index in [4.69, 9.17) is 14.2 Å². The van der Waals surface area contributed by atoms with Crippen molar-refractivity contribution in [3.63, 3.8) is 0 Å². The Kier molecular flexibility index (Phi) is 7.17. The molecular formula is C25H32O5Se. The van der Waals surface area contributed by atoms with Crippen LogP contribution in [0.25, 0.3) is 0 Å². The topological polar surface area (TPSA) is 65.0 Å². The number of methoxy groups -OCH3 is 1. The van der Waals surface area contributed by atoms with Gasteiger partial charge in [0.25, 0.3) is 0 Å². The Morgan fingerprint density at radius 2 is 1.81 bits per heavy atom. The van der Waals surface area contributed by atoms with E-state index in [0.717, 1.165) is 27.5 Å². The molecule has 3 rings (SSSR count). The molecule has 0 radical (unpaired) electrons. The molecular weight excluding hydrogens is 459 g/mol. The molecule has 31 heavy (non-hydrogen) atoms. The van der Waals surface area contributed by atoms with Gasteiger partial charge in [-0.05, 0) is 0 Å². The van der Waals surface area contributed by atoms with Crippen LogP contribution in [0.1, 0.15) is 68.9 Å². The molecule has 0 heterocycles. The van der Waals surface area contributed by atoms with Crippen molar-refractivity contribution in [2.75, 3.05) is 13.9 Å². The van der Waals surface area contributed by atoms with Gasteiger partial charge in [-0.15, -0.1) is 0 Å². The molecule has 0 aliphatic heterocycles. The summed E-state index contributed by atoms with van der Waals surface area (Å²) >= 11 is -0.0447. The molecule has 5 nitrogen and oxygen atoms in total. The number of carbonyl (C=O) groups is 1. The average Bonchev–Trinajstić information content (AvgIpc) is 2.71. The molecule has 0 fully saturated rings. The van der Waals surface area contributed by atoms with Crippen LogP contribution in [-0.2, 0) is 20.3 Å². The van der Waals surface area contributed by atoms with Crippen LogP contribution in [0.5, 0.6) is 5.75 Å². The van der Waals surface area contributed by atoms with Gasteiger partial charge in [0.15, 0.2) is 0 Å². The summed E-state index contributed by atoms with van der Waals surface area (Å²) in [5.41, 5.74) is 2.92. The third kappa shape index (κ3) is 5.50. The molecule has 168 valence electrons. The van der Waals surface area contributed by atoms with Gasteiger partial charge in [0.2, 0.25) is 0 Å². The summed E-state index contributed by atoms with van der Waals surface area (Å²) in [6.07, 6.45) is 1.85. The monoisotopic (exact) mass is 492 g/mol. The van der Waals surface area contributed by atoms with E-state index in [1.54, 1.807) is 19.2 Å². The van der Waals surface area contributed by atoms with E-state index in [1.807, 2.05) is 19.1 Å². The first-order valence-electron chi connectivity index (χ1n) is 10.5. The molecule has 1 aliphatic carbocycles. The van der Waals surface area contributed by atoms with Gasteiger partial charge in [-0.2, -0.15) is 0 Å². The molecule has 6 heteroatoms. The Hall–Kier alpha value is -1.85. The number of benzene rings is 2. The van der Waals surface area contributed by atoms with Crippen molar-refractivity contribution < 1.29 is 24.1 Å². The summed E-state index contributed by atoms with van der Waals surface area (Å²) in [5, 5.41) is 9.33. The van der Waals surface area contributed by atoms with Crippen LogP contribution in [0.2, 0.25) is 0 Å². The minimum absolute atomic E-state index is 0.00180. The van der Waals surface area contributed by atoms with Crippen molar-refractivity contribution in [1.82, 2.24) is 0 Å². The quantitative estimate of drug-likeness (QED) is 0.450. The number of aromatic carboxylic acids is 1. The summed E-state index contributed by atoms with van der Waals surface area (Å²) in [7, 11) is 1.60. The van der Waals surface area contributed by atoms with Gasteiger partial charge in [0, 0.05) is 0 Å². The van der Waals surface area contributed by atoms with Crippen molar-refractivity contribution in [3.8, 4) is 5.75 Å². The Labute approximate surface area is 191 Å². The van der Waals surface area contributed by atoms with Gasteiger partial charge in [-0.3, -0.25) is 0 Å². The fraction of sp³-hybridized carbons (Fsp3) is 0.480. The maximum absolute atomic E-state index is 11.4. The van der Waals surface area contributed by atoms with Gasteiger partial charge in [0.05, 0.1) is 0 Å². The normalized spacial score (nSPS) is 17.6. The van der Waals surface area contributed by atoms with Crippen LogP contribution < -0.4 is 13.7 Å². The predicted octanol–water partition coefficient (Wildman–Crippen LogP) is 3.73. The summed E-state index contributed by atoms with van der Waals surface area (Å²) in [5.74, 6) is -0.0516. The van der Waals surface area contributed by atoms with Crippen molar-refractivity contribution >= 4 is 29.8 Å². The molecule has 0 aromatic heterocycles. The maximum atomic E-state index is 11.4. The molecule has 2 aromatic rings. The molecule has 0 bridgehead atoms. The second-order valence-electron chi connectivity index (χ2n) is 9.28. The first kappa shape index (κ1) is 23.8. The summed E-state index contributed by atoms with van der Waals surface area (Å²) < 4.78 is 19.1. The molecule has 0 saturated carbocycles. The second kappa shape index (κ2) is 9.33. The molecule has 1 N–H and O–H groups in total. The number of hydrogen-bond donors (Lipinski definition) is 1. The minimum atomic E-state index is -0.903. The Morgan fingerprint density at radius 1 is 1.10 bits per heavy atom. The number of carboxylic acid groups (broad SMARTS) is 1. The standard InChI is InChI=1S/C25H32O5Se/c1-16(28-6)29-15-30-21-14-19(31-18-9-7-8-17(12-18)23(26)27)13-20-22(21)25(4,5)11-10-24(20,2)3/h7-9,12-14,16H,10-11,15H2,1-6H3,(H,26,27). The number of carboxylic acids is 1. The third-order valence-corrected chi connectivity index (χ3v) is 8.04. The van der Waals surface area contributed by atoms with E-state index in [9.17, 15) is 9.90 Å². The fourth-order valence-corrected chi connectivity index (χ4v) is 5.96. The molecule has 1 aliphatic rings. The van der Waals surface area contributed by atoms with Gasteiger partial charge in [-0.1, -0.05) is 0 Å². The van der Waals surface area contributed by atoms with Crippen LogP contribution >= 0.6 is 0 Å². The van der Waals surface area contributed by atoms with Gasteiger partial charge in [-0.25, -0.2) is 0 Å². The predicted molar refractivity (Wildman–Crippen MR) is 123 cm³/mol. The van der Waals surface area contributed by atoms with E-state index >= 15 is 0 Å². The fourth-order valence-electron chi connectivity index (χ4n) is 3.97. The van der Waals surface area contributed by atoms with Crippen LogP contribution in [0.4, 0.5) is 0 Å². The van der Waals surface area contributed by atoms with Crippen LogP contribution in [0.15, 0.2) is 36.4 Å². The number of hydrogen-bond acceptors (Lipinski definition) is 4. The Bertz CT molecular complexity index is 951. The van der Waals surface area contributed by atoms with E-state index in [-0.39, 0.29) is 38.9 Å². The van der Waals surface area contributed by atoms with E-state index in [0.29, 0.717) is 5.56 Å².